The first kappa shape index (κ1) is 14.7. The lowest BCUT2D eigenvalue weighted by atomic mass is 10.0. The van der Waals surface area contributed by atoms with Crippen LogP contribution in [-0.2, 0) is 0 Å². The quantitative estimate of drug-likeness (QED) is 0.651. The molecule has 0 bridgehead atoms. The van der Waals surface area contributed by atoms with E-state index in [1.165, 1.54) is 28.2 Å². The van der Waals surface area contributed by atoms with Crippen molar-refractivity contribution in [2.24, 2.45) is 0 Å². The Morgan fingerprint density at radius 2 is 2.05 bits per heavy atom. The van der Waals surface area contributed by atoms with E-state index in [0.717, 1.165) is 14.0 Å². The molecule has 1 aromatic carbocycles. The van der Waals surface area contributed by atoms with Crippen molar-refractivity contribution in [3.63, 3.8) is 0 Å². The minimum atomic E-state index is -0.115. The summed E-state index contributed by atoms with van der Waals surface area (Å²) in [5, 5.41) is 3.53. The summed E-state index contributed by atoms with van der Waals surface area (Å²) in [5.41, 5.74) is 2.20. The third-order valence-corrected chi connectivity index (χ3v) is 5.65. The van der Waals surface area contributed by atoms with Gasteiger partial charge in [0.05, 0.1) is 18.9 Å². The van der Waals surface area contributed by atoms with Crippen LogP contribution in [0.4, 0.5) is 5.13 Å². The second-order valence-corrected chi connectivity index (χ2v) is 8.42. The zero-order chi connectivity index (χ0) is 15.0. The first-order valence-corrected chi connectivity index (χ1v) is 8.93. The molecule has 3 rings (SSSR count). The number of hydrogen-bond acceptors (Lipinski definition) is 4. The Bertz CT molecular complexity index is 807. The first-order chi connectivity index (χ1) is 10.0. The van der Waals surface area contributed by atoms with Gasteiger partial charge in [-0.1, -0.05) is 37.3 Å². The number of nitrogens with zero attached hydrogens (tertiary/aromatic N) is 1. The maximum atomic E-state index is 12.2. The Hall–Kier alpha value is -1.24. The Morgan fingerprint density at radius 1 is 1.24 bits per heavy atom. The summed E-state index contributed by atoms with van der Waals surface area (Å²) in [6.07, 6.45) is 0. The molecule has 0 unspecified atom stereocenters. The highest BCUT2D eigenvalue weighted by Crippen LogP contribution is 2.32. The van der Waals surface area contributed by atoms with Crippen LogP contribution in [0, 0.1) is 0 Å². The minimum absolute atomic E-state index is 0.115. The maximum absolute atomic E-state index is 12.2. The highest BCUT2D eigenvalue weighted by Gasteiger charge is 2.14. The number of fused-ring (bicyclic) bond motifs is 1. The predicted molar refractivity (Wildman–Crippen MR) is 93.7 cm³/mol. The highest BCUT2D eigenvalue weighted by atomic mass is 79.9. The second kappa shape index (κ2) is 5.87. The van der Waals surface area contributed by atoms with E-state index in [2.05, 4.69) is 46.1 Å². The highest BCUT2D eigenvalue weighted by molar-refractivity contribution is 9.11. The summed E-state index contributed by atoms with van der Waals surface area (Å²) in [6, 6.07) is 9.84. The largest absolute Gasteiger partial charge is 0.297 e. The van der Waals surface area contributed by atoms with Gasteiger partial charge in [-0.05, 0) is 45.6 Å². The van der Waals surface area contributed by atoms with Crippen LogP contribution in [0.25, 0.3) is 10.2 Å². The van der Waals surface area contributed by atoms with E-state index in [0.29, 0.717) is 15.9 Å². The molecule has 0 radical (unpaired) electrons. The van der Waals surface area contributed by atoms with Gasteiger partial charge in [0, 0.05) is 0 Å². The normalized spacial score (nSPS) is 11.2. The molecule has 0 saturated carbocycles. The molecular weight excluding hydrogens is 368 g/mol. The molecule has 0 aliphatic carbocycles. The zero-order valence-electron chi connectivity index (χ0n) is 11.5. The van der Waals surface area contributed by atoms with E-state index in [4.69, 9.17) is 0 Å². The van der Waals surface area contributed by atoms with Crippen molar-refractivity contribution in [1.29, 1.82) is 0 Å². The molecule has 0 aliphatic rings. The molecular formula is C15H13BrN2OS2. The fourth-order valence-electron chi connectivity index (χ4n) is 2.08. The fraction of sp³-hybridized carbons (Fsp3) is 0.200. The average Bonchev–Trinajstić information content (AvgIpc) is 3.03. The average molecular weight is 381 g/mol. The van der Waals surface area contributed by atoms with Crippen molar-refractivity contribution in [2.45, 2.75) is 19.8 Å². The van der Waals surface area contributed by atoms with Gasteiger partial charge in [-0.25, -0.2) is 4.98 Å². The lowest BCUT2D eigenvalue weighted by molar-refractivity contribution is 0.103. The number of carbonyl (C=O) groups is 1. The summed E-state index contributed by atoms with van der Waals surface area (Å²) in [6.45, 7) is 4.30. The van der Waals surface area contributed by atoms with Gasteiger partial charge < -0.3 is 0 Å². The Balaban J connectivity index is 1.91. The number of halogens is 1. The van der Waals surface area contributed by atoms with E-state index < -0.39 is 0 Å². The van der Waals surface area contributed by atoms with Crippen molar-refractivity contribution < 1.29 is 4.79 Å². The molecule has 6 heteroatoms. The molecule has 0 saturated heterocycles. The van der Waals surface area contributed by atoms with Crippen LogP contribution in [0.3, 0.4) is 0 Å². The van der Waals surface area contributed by atoms with E-state index in [9.17, 15) is 4.79 Å². The van der Waals surface area contributed by atoms with Crippen molar-refractivity contribution >= 4 is 59.9 Å². The molecule has 3 aromatic rings. The van der Waals surface area contributed by atoms with Crippen molar-refractivity contribution in [1.82, 2.24) is 4.98 Å². The molecule has 0 spiro atoms. The molecule has 2 aromatic heterocycles. The summed E-state index contributed by atoms with van der Waals surface area (Å²) in [7, 11) is 0. The number of benzene rings is 1. The monoisotopic (exact) mass is 380 g/mol. The number of para-hydroxylation sites is 1. The van der Waals surface area contributed by atoms with Gasteiger partial charge in [0.2, 0.25) is 0 Å². The van der Waals surface area contributed by atoms with Crippen LogP contribution in [-0.4, -0.2) is 10.9 Å². The van der Waals surface area contributed by atoms with Gasteiger partial charge in [0.25, 0.3) is 5.91 Å². The molecule has 21 heavy (non-hydrogen) atoms. The molecule has 108 valence electrons. The third-order valence-electron chi connectivity index (χ3n) is 3.09. The zero-order valence-corrected chi connectivity index (χ0v) is 14.7. The van der Waals surface area contributed by atoms with Gasteiger partial charge in [-0.15, -0.1) is 11.3 Å². The minimum Gasteiger partial charge on any atom is -0.297 e. The number of aromatic nitrogens is 1. The number of nitrogens with one attached hydrogen (secondary N) is 1. The molecule has 2 heterocycles. The molecule has 0 fully saturated rings. The predicted octanol–water partition coefficient (Wildman–Crippen LogP) is 5.50. The van der Waals surface area contributed by atoms with Crippen LogP contribution in [0.2, 0.25) is 0 Å². The van der Waals surface area contributed by atoms with E-state index in [-0.39, 0.29) is 5.91 Å². The number of anilines is 1. The maximum Gasteiger partial charge on any atom is 0.267 e. The Kier molecular flexibility index (Phi) is 4.10. The smallest absolute Gasteiger partial charge is 0.267 e. The first-order valence-electron chi connectivity index (χ1n) is 6.50. The number of amides is 1. The molecule has 1 N–H and O–H groups in total. The van der Waals surface area contributed by atoms with Crippen LogP contribution in [0.5, 0.6) is 0 Å². The number of thiophene rings is 1. The van der Waals surface area contributed by atoms with Crippen molar-refractivity contribution in [2.75, 3.05) is 5.32 Å². The number of carbonyl (C=O) groups excluding carboxylic acids is 1. The van der Waals surface area contributed by atoms with Crippen LogP contribution < -0.4 is 5.32 Å². The SMILES string of the molecule is CC(C)c1cccc2sc(NC(=O)c3ccc(Br)s3)nc12. The Morgan fingerprint density at radius 3 is 2.71 bits per heavy atom. The topological polar surface area (TPSA) is 42.0 Å². The van der Waals surface area contributed by atoms with Gasteiger partial charge in [0.15, 0.2) is 5.13 Å². The van der Waals surface area contributed by atoms with Gasteiger partial charge in [-0.2, -0.15) is 0 Å². The summed E-state index contributed by atoms with van der Waals surface area (Å²) < 4.78 is 2.04. The lowest BCUT2D eigenvalue weighted by Gasteiger charge is -2.04. The number of rotatable bonds is 3. The third kappa shape index (κ3) is 3.02. The summed E-state index contributed by atoms with van der Waals surface area (Å²) in [5.74, 6) is 0.295. The van der Waals surface area contributed by atoms with Gasteiger partial charge in [0.1, 0.15) is 0 Å². The van der Waals surface area contributed by atoms with E-state index >= 15 is 0 Å². The summed E-state index contributed by atoms with van der Waals surface area (Å²) in [4.78, 5) is 17.4. The van der Waals surface area contributed by atoms with Crippen molar-refractivity contribution in [3.05, 3.63) is 44.6 Å². The molecule has 1 amide bonds. The van der Waals surface area contributed by atoms with Gasteiger partial charge in [-0.3, -0.25) is 10.1 Å². The summed E-state index contributed by atoms with van der Waals surface area (Å²) >= 11 is 6.28. The van der Waals surface area contributed by atoms with Gasteiger partial charge >= 0.3 is 0 Å². The molecule has 3 nitrogen and oxygen atoms in total. The van der Waals surface area contributed by atoms with E-state index in [1.807, 2.05) is 18.2 Å². The number of hydrogen-bond donors (Lipinski definition) is 1. The second-order valence-electron chi connectivity index (χ2n) is 4.93. The standard InChI is InChI=1S/C15H13BrN2OS2/c1-8(2)9-4-3-5-10-13(9)17-15(21-10)18-14(19)11-6-7-12(16)20-11/h3-8H,1-2H3,(H,17,18,19). The van der Waals surface area contributed by atoms with Crippen molar-refractivity contribution in [3.8, 4) is 0 Å². The van der Waals surface area contributed by atoms with Crippen LogP contribution in [0.1, 0.15) is 35.0 Å². The molecule has 0 atom stereocenters. The molecule has 0 aliphatic heterocycles. The number of thiazole rings is 1. The van der Waals surface area contributed by atoms with Crippen LogP contribution in [0.15, 0.2) is 34.1 Å². The van der Waals surface area contributed by atoms with Crippen LogP contribution >= 0.6 is 38.6 Å². The lowest BCUT2D eigenvalue weighted by Crippen LogP contribution is -2.09. The van der Waals surface area contributed by atoms with E-state index in [1.54, 1.807) is 6.07 Å². The Labute approximate surface area is 139 Å². The fourth-order valence-corrected chi connectivity index (χ4v) is 4.26.